The lowest BCUT2D eigenvalue weighted by atomic mass is 10.1. The lowest BCUT2D eigenvalue weighted by Gasteiger charge is -2.11. The fraction of sp³-hybridized carbons (Fsp3) is 0.111. The largest absolute Gasteiger partial charge is 0.280 e. The molecule has 0 amide bonds. The molecular formula is C18H17NO2S. The van der Waals surface area contributed by atoms with Crippen molar-refractivity contribution in [2.75, 3.05) is 4.72 Å². The number of aryl methyl sites for hydroxylation is 2. The van der Waals surface area contributed by atoms with Gasteiger partial charge in [0.15, 0.2) is 0 Å². The highest BCUT2D eigenvalue weighted by Gasteiger charge is 2.17. The van der Waals surface area contributed by atoms with Crippen molar-refractivity contribution in [3.05, 3.63) is 71.8 Å². The summed E-state index contributed by atoms with van der Waals surface area (Å²) in [7, 11) is -3.62. The molecule has 3 nitrogen and oxygen atoms in total. The molecule has 0 spiro atoms. The number of benzene rings is 3. The van der Waals surface area contributed by atoms with E-state index in [-0.39, 0.29) is 0 Å². The monoisotopic (exact) mass is 311 g/mol. The molecule has 3 aromatic rings. The standard InChI is InChI=1S/C18H17NO2S/c1-13-9-11-15(12-10-13)19-22(20,21)18-8-4-6-16-14(2)5-3-7-17(16)18/h3-12,19H,1-2H3. The highest BCUT2D eigenvalue weighted by Crippen LogP contribution is 2.27. The van der Waals surface area contributed by atoms with Gasteiger partial charge >= 0.3 is 0 Å². The van der Waals surface area contributed by atoms with Crippen LogP contribution in [0, 0.1) is 13.8 Å². The van der Waals surface area contributed by atoms with Crippen LogP contribution in [0.25, 0.3) is 10.8 Å². The summed E-state index contributed by atoms with van der Waals surface area (Å²) in [5.74, 6) is 0. The molecule has 0 fully saturated rings. The minimum Gasteiger partial charge on any atom is -0.280 e. The molecule has 0 atom stereocenters. The van der Waals surface area contributed by atoms with Crippen molar-refractivity contribution in [3.63, 3.8) is 0 Å². The van der Waals surface area contributed by atoms with E-state index in [0.29, 0.717) is 10.6 Å². The zero-order chi connectivity index (χ0) is 15.7. The number of hydrogen-bond donors (Lipinski definition) is 1. The summed E-state index contributed by atoms with van der Waals surface area (Å²) < 4.78 is 28.0. The Balaban J connectivity index is 2.09. The molecule has 0 heterocycles. The average molecular weight is 311 g/mol. The molecule has 0 unspecified atom stereocenters. The van der Waals surface area contributed by atoms with E-state index in [1.807, 2.05) is 50.2 Å². The third-order valence-corrected chi connectivity index (χ3v) is 5.13. The number of anilines is 1. The summed E-state index contributed by atoms with van der Waals surface area (Å²) in [5, 5.41) is 1.69. The summed E-state index contributed by atoms with van der Waals surface area (Å²) in [4.78, 5) is 0.300. The molecule has 0 bridgehead atoms. The van der Waals surface area contributed by atoms with Crippen molar-refractivity contribution in [2.24, 2.45) is 0 Å². The highest BCUT2D eigenvalue weighted by molar-refractivity contribution is 7.93. The lowest BCUT2D eigenvalue weighted by Crippen LogP contribution is -2.13. The fourth-order valence-electron chi connectivity index (χ4n) is 2.50. The molecule has 112 valence electrons. The molecular weight excluding hydrogens is 294 g/mol. The molecule has 0 radical (unpaired) electrons. The Bertz CT molecular complexity index is 929. The van der Waals surface area contributed by atoms with Gasteiger partial charge in [-0.2, -0.15) is 0 Å². The summed E-state index contributed by atoms with van der Waals surface area (Å²) in [6.07, 6.45) is 0. The Morgan fingerprint density at radius 3 is 2.14 bits per heavy atom. The van der Waals surface area contributed by atoms with Crippen LogP contribution in [-0.4, -0.2) is 8.42 Å². The molecule has 1 N–H and O–H groups in total. The van der Waals surface area contributed by atoms with Gasteiger partial charge < -0.3 is 0 Å². The van der Waals surface area contributed by atoms with Crippen molar-refractivity contribution >= 4 is 26.5 Å². The van der Waals surface area contributed by atoms with E-state index in [4.69, 9.17) is 0 Å². The number of fused-ring (bicyclic) bond motifs is 1. The summed E-state index contributed by atoms with van der Waals surface area (Å²) in [6, 6.07) is 18.3. The van der Waals surface area contributed by atoms with Gasteiger partial charge in [0, 0.05) is 11.1 Å². The summed E-state index contributed by atoms with van der Waals surface area (Å²) in [5.41, 5.74) is 2.71. The number of rotatable bonds is 3. The lowest BCUT2D eigenvalue weighted by molar-refractivity contribution is 0.602. The molecule has 0 aliphatic rings. The zero-order valence-electron chi connectivity index (χ0n) is 12.5. The van der Waals surface area contributed by atoms with Crippen LogP contribution in [0.1, 0.15) is 11.1 Å². The normalized spacial score (nSPS) is 11.5. The molecule has 22 heavy (non-hydrogen) atoms. The van der Waals surface area contributed by atoms with E-state index in [1.165, 1.54) is 0 Å². The molecule has 0 aliphatic heterocycles. The van der Waals surface area contributed by atoms with Crippen molar-refractivity contribution < 1.29 is 8.42 Å². The van der Waals surface area contributed by atoms with Crippen molar-refractivity contribution in [1.82, 2.24) is 0 Å². The molecule has 0 aromatic heterocycles. The van der Waals surface area contributed by atoms with Crippen molar-refractivity contribution in [1.29, 1.82) is 0 Å². The number of nitrogens with one attached hydrogen (secondary N) is 1. The van der Waals surface area contributed by atoms with E-state index < -0.39 is 10.0 Å². The van der Waals surface area contributed by atoms with Gasteiger partial charge in [0.2, 0.25) is 0 Å². The van der Waals surface area contributed by atoms with Crippen LogP contribution in [-0.2, 0) is 10.0 Å². The van der Waals surface area contributed by atoms with Gasteiger partial charge in [-0.15, -0.1) is 0 Å². The van der Waals surface area contributed by atoms with Crippen molar-refractivity contribution in [2.45, 2.75) is 18.7 Å². The Hall–Kier alpha value is -2.33. The predicted molar refractivity (Wildman–Crippen MR) is 90.7 cm³/mol. The van der Waals surface area contributed by atoms with E-state index >= 15 is 0 Å². The maximum atomic E-state index is 12.7. The second-order valence-electron chi connectivity index (χ2n) is 5.40. The second-order valence-corrected chi connectivity index (χ2v) is 7.05. The van der Waals surface area contributed by atoms with Crippen LogP contribution in [0.2, 0.25) is 0 Å². The van der Waals surface area contributed by atoms with E-state index in [1.54, 1.807) is 24.3 Å². The first-order chi connectivity index (χ1) is 10.5. The van der Waals surface area contributed by atoms with E-state index in [9.17, 15) is 8.42 Å². The zero-order valence-corrected chi connectivity index (χ0v) is 13.3. The predicted octanol–water partition coefficient (Wildman–Crippen LogP) is 4.26. The third kappa shape index (κ3) is 2.70. The average Bonchev–Trinajstić information content (AvgIpc) is 2.49. The third-order valence-electron chi connectivity index (χ3n) is 3.69. The van der Waals surface area contributed by atoms with Gasteiger partial charge in [-0.3, -0.25) is 4.72 Å². The van der Waals surface area contributed by atoms with Crippen LogP contribution in [0.15, 0.2) is 65.6 Å². The summed E-state index contributed by atoms with van der Waals surface area (Å²) in [6.45, 7) is 3.94. The molecule has 3 rings (SSSR count). The first-order valence-corrected chi connectivity index (χ1v) is 8.53. The minimum atomic E-state index is -3.62. The van der Waals surface area contributed by atoms with Gasteiger partial charge in [-0.1, -0.05) is 48.0 Å². The van der Waals surface area contributed by atoms with Gasteiger partial charge in [-0.25, -0.2) is 8.42 Å². The van der Waals surface area contributed by atoms with E-state index in [0.717, 1.165) is 21.9 Å². The Morgan fingerprint density at radius 1 is 0.773 bits per heavy atom. The second kappa shape index (κ2) is 5.46. The number of hydrogen-bond acceptors (Lipinski definition) is 2. The van der Waals surface area contributed by atoms with Crippen LogP contribution in [0.4, 0.5) is 5.69 Å². The van der Waals surface area contributed by atoms with Crippen molar-refractivity contribution in [3.8, 4) is 0 Å². The SMILES string of the molecule is Cc1ccc(NS(=O)(=O)c2cccc3c(C)cccc23)cc1. The van der Waals surface area contributed by atoms with E-state index in [2.05, 4.69) is 4.72 Å². The van der Waals surface area contributed by atoms with Crippen LogP contribution >= 0.6 is 0 Å². The van der Waals surface area contributed by atoms with Crippen LogP contribution < -0.4 is 4.72 Å². The smallest absolute Gasteiger partial charge is 0.262 e. The maximum absolute atomic E-state index is 12.7. The van der Waals surface area contributed by atoms with Gasteiger partial charge in [-0.05, 0) is 43.0 Å². The van der Waals surface area contributed by atoms with Crippen LogP contribution in [0.5, 0.6) is 0 Å². The Labute approximate surface area is 130 Å². The van der Waals surface area contributed by atoms with Crippen LogP contribution in [0.3, 0.4) is 0 Å². The quantitative estimate of drug-likeness (QED) is 0.785. The maximum Gasteiger partial charge on any atom is 0.262 e. The van der Waals surface area contributed by atoms with Gasteiger partial charge in [0.1, 0.15) is 0 Å². The van der Waals surface area contributed by atoms with Gasteiger partial charge in [0.25, 0.3) is 10.0 Å². The minimum absolute atomic E-state index is 0.300. The van der Waals surface area contributed by atoms with Gasteiger partial charge in [0.05, 0.1) is 4.90 Å². The molecule has 0 saturated carbocycles. The highest BCUT2D eigenvalue weighted by atomic mass is 32.2. The Kier molecular flexibility index (Phi) is 3.62. The Morgan fingerprint density at radius 2 is 1.41 bits per heavy atom. The summed E-state index contributed by atoms with van der Waals surface area (Å²) >= 11 is 0. The molecule has 3 aromatic carbocycles. The number of sulfonamides is 1. The molecule has 0 aliphatic carbocycles. The first kappa shape index (κ1) is 14.6. The molecule has 0 saturated heterocycles. The molecule has 4 heteroatoms. The topological polar surface area (TPSA) is 46.2 Å². The first-order valence-electron chi connectivity index (χ1n) is 7.05. The fourth-order valence-corrected chi connectivity index (χ4v) is 3.79.